The van der Waals surface area contributed by atoms with Gasteiger partial charge in [0.2, 0.25) is 0 Å². The Bertz CT molecular complexity index is 975. The van der Waals surface area contributed by atoms with E-state index in [1.165, 1.54) is 25.0 Å². The molecule has 2 aromatic heterocycles. The molecule has 0 unspecified atom stereocenters. The van der Waals surface area contributed by atoms with Crippen LogP contribution in [0.4, 0.5) is 4.39 Å². The highest BCUT2D eigenvalue weighted by molar-refractivity contribution is 6.30. The molecule has 5 nitrogen and oxygen atoms in total. The zero-order valence-corrected chi connectivity index (χ0v) is 16.1. The van der Waals surface area contributed by atoms with E-state index in [0.29, 0.717) is 23.1 Å². The standard InChI is InChI=1S/C20H22ClFN4O/c1-12(27)17-8-15(22)5-6-16(17)18-11-25(2)23-19(18)7-14-10-26(24-20(14)21)9-13-3-4-13/h5-6,8,10-13,27H,3-4,7,9H2,1-2H3/t12-/m1/s1. The van der Waals surface area contributed by atoms with Crippen molar-refractivity contribution in [2.45, 2.75) is 38.8 Å². The van der Waals surface area contributed by atoms with Gasteiger partial charge in [0.15, 0.2) is 5.15 Å². The minimum Gasteiger partial charge on any atom is -0.389 e. The first kappa shape index (κ1) is 18.2. The van der Waals surface area contributed by atoms with Crippen LogP contribution in [-0.4, -0.2) is 24.7 Å². The van der Waals surface area contributed by atoms with Gasteiger partial charge < -0.3 is 5.11 Å². The predicted molar refractivity (Wildman–Crippen MR) is 102 cm³/mol. The van der Waals surface area contributed by atoms with Crippen molar-refractivity contribution in [3.05, 3.63) is 58.4 Å². The van der Waals surface area contributed by atoms with E-state index in [4.69, 9.17) is 11.6 Å². The lowest BCUT2D eigenvalue weighted by Gasteiger charge is -2.12. The van der Waals surface area contributed by atoms with Gasteiger partial charge in [0.1, 0.15) is 5.82 Å². The van der Waals surface area contributed by atoms with E-state index in [1.54, 1.807) is 17.7 Å². The average Bonchev–Trinajstić information content (AvgIpc) is 3.25. The van der Waals surface area contributed by atoms with Crippen molar-refractivity contribution in [3.8, 4) is 11.1 Å². The van der Waals surface area contributed by atoms with Gasteiger partial charge in [-0.1, -0.05) is 17.7 Å². The zero-order valence-electron chi connectivity index (χ0n) is 15.4. The second-order valence-electron chi connectivity index (χ2n) is 7.36. The maximum atomic E-state index is 13.7. The van der Waals surface area contributed by atoms with Crippen LogP contribution >= 0.6 is 11.6 Å². The highest BCUT2D eigenvalue weighted by Crippen LogP contribution is 2.34. The molecular formula is C20H22ClFN4O. The van der Waals surface area contributed by atoms with E-state index in [2.05, 4.69) is 10.2 Å². The van der Waals surface area contributed by atoms with Crippen molar-refractivity contribution in [1.82, 2.24) is 19.6 Å². The van der Waals surface area contributed by atoms with Crippen LogP contribution in [0.15, 0.2) is 30.6 Å². The second-order valence-corrected chi connectivity index (χ2v) is 7.72. The van der Waals surface area contributed by atoms with Crippen LogP contribution in [0, 0.1) is 11.7 Å². The van der Waals surface area contributed by atoms with Crippen LogP contribution < -0.4 is 0 Å². The third kappa shape index (κ3) is 3.92. The van der Waals surface area contributed by atoms with Crippen LogP contribution in [0.5, 0.6) is 0 Å². The molecule has 1 aromatic carbocycles. The van der Waals surface area contributed by atoms with Gasteiger partial charge in [-0.2, -0.15) is 10.2 Å². The number of aliphatic hydroxyl groups is 1. The molecule has 0 bridgehead atoms. The molecule has 7 heteroatoms. The van der Waals surface area contributed by atoms with Gasteiger partial charge in [0, 0.05) is 43.5 Å². The number of rotatable bonds is 6. The summed E-state index contributed by atoms with van der Waals surface area (Å²) < 4.78 is 17.3. The molecule has 1 atom stereocenters. The van der Waals surface area contributed by atoms with Crippen LogP contribution in [0.3, 0.4) is 0 Å². The molecule has 4 rings (SSSR count). The molecule has 27 heavy (non-hydrogen) atoms. The lowest BCUT2D eigenvalue weighted by atomic mass is 9.95. The Balaban J connectivity index is 1.69. The van der Waals surface area contributed by atoms with Crippen LogP contribution in [-0.2, 0) is 20.0 Å². The Kier molecular flexibility index (Phi) is 4.78. The van der Waals surface area contributed by atoms with Crippen LogP contribution in [0.25, 0.3) is 11.1 Å². The van der Waals surface area contributed by atoms with Gasteiger partial charge in [-0.15, -0.1) is 0 Å². The summed E-state index contributed by atoms with van der Waals surface area (Å²) in [4.78, 5) is 0. The fourth-order valence-corrected chi connectivity index (χ4v) is 3.62. The number of aliphatic hydroxyl groups excluding tert-OH is 1. The Hall–Kier alpha value is -2.18. The van der Waals surface area contributed by atoms with Crippen molar-refractivity contribution in [3.63, 3.8) is 0 Å². The van der Waals surface area contributed by atoms with Crippen molar-refractivity contribution in [2.24, 2.45) is 13.0 Å². The zero-order chi connectivity index (χ0) is 19.1. The Morgan fingerprint density at radius 1 is 1.26 bits per heavy atom. The van der Waals surface area contributed by atoms with Gasteiger partial charge in [-0.05, 0) is 48.9 Å². The summed E-state index contributed by atoms with van der Waals surface area (Å²) in [6.45, 7) is 2.53. The summed E-state index contributed by atoms with van der Waals surface area (Å²) >= 11 is 6.35. The van der Waals surface area contributed by atoms with Crippen molar-refractivity contribution in [1.29, 1.82) is 0 Å². The van der Waals surface area contributed by atoms with Crippen LogP contribution in [0.2, 0.25) is 5.15 Å². The van der Waals surface area contributed by atoms with E-state index < -0.39 is 6.10 Å². The summed E-state index contributed by atoms with van der Waals surface area (Å²) in [5.74, 6) is 0.344. The Morgan fingerprint density at radius 3 is 2.74 bits per heavy atom. The lowest BCUT2D eigenvalue weighted by molar-refractivity contribution is 0.199. The van der Waals surface area contributed by atoms with E-state index in [-0.39, 0.29) is 5.82 Å². The average molecular weight is 389 g/mol. The molecule has 1 fully saturated rings. The predicted octanol–water partition coefficient (Wildman–Crippen LogP) is 4.13. The van der Waals surface area contributed by atoms with Crippen molar-refractivity contribution < 1.29 is 9.50 Å². The molecule has 0 amide bonds. The van der Waals surface area contributed by atoms with Gasteiger partial charge in [0.05, 0.1) is 11.8 Å². The third-order valence-corrected chi connectivity index (χ3v) is 5.26. The molecule has 1 N–H and O–H groups in total. The number of benzene rings is 1. The van der Waals surface area contributed by atoms with Crippen LogP contribution in [0.1, 0.15) is 42.7 Å². The fraction of sp³-hybridized carbons (Fsp3) is 0.400. The lowest BCUT2D eigenvalue weighted by Crippen LogP contribution is -2.00. The molecule has 3 aromatic rings. The van der Waals surface area contributed by atoms with Gasteiger partial charge in [-0.3, -0.25) is 9.36 Å². The Labute approximate surface area is 162 Å². The first-order valence-electron chi connectivity index (χ1n) is 9.13. The third-order valence-electron chi connectivity index (χ3n) is 4.95. The monoisotopic (exact) mass is 388 g/mol. The first-order valence-corrected chi connectivity index (χ1v) is 9.50. The van der Waals surface area contributed by atoms with Crippen molar-refractivity contribution >= 4 is 11.6 Å². The minimum atomic E-state index is -0.784. The van der Waals surface area contributed by atoms with E-state index in [0.717, 1.165) is 28.9 Å². The quantitative estimate of drug-likeness (QED) is 0.690. The maximum Gasteiger partial charge on any atom is 0.154 e. The normalized spacial score (nSPS) is 15.3. The molecule has 2 heterocycles. The molecular weight excluding hydrogens is 367 g/mol. The SMILES string of the molecule is C[C@@H](O)c1cc(F)ccc1-c1cn(C)nc1Cc1cn(CC2CC2)nc1Cl. The van der Waals surface area contributed by atoms with E-state index in [9.17, 15) is 9.50 Å². The molecule has 0 radical (unpaired) electrons. The summed E-state index contributed by atoms with van der Waals surface area (Å²) in [6, 6.07) is 4.46. The number of hydrogen-bond acceptors (Lipinski definition) is 3. The van der Waals surface area contributed by atoms with Gasteiger partial charge >= 0.3 is 0 Å². The number of aromatic nitrogens is 4. The molecule has 0 spiro atoms. The molecule has 1 saturated carbocycles. The van der Waals surface area contributed by atoms with Crippen molar-refractivity contribution in [2.75, 3.05) is 0 Å². The fourth-order valence-electron chi connectivity index (χ4n) is 3.41. The van der Waals surface area contributed by atoms with Gasteiger partial charge in [-0.25, -0.2) is 4.39 Å². The molecule has 0 aliphatic heterocycles. The molecule has 142 valence electrons. The molecule has 1 aliphatic carbocycles. The summed E-state index contributed by atoms with van der Waals surface area (Å²) in [7, 11) is 1.84. The molecule has 1 aliphatic rings. The minimum absolute atomic E-state index is 0.371. The highest BCUT2D eigenvalue weighted by Gasteiger charge is 2.23. The smallest absolute Gasteiger partial charge is 0.154 e. The number of nitrogens with zero attached hydrogens (tertiary/aromatic N) is 4. The summed E-state index contributed by atoms with van der Waals surface area (Å²) in [6.07, 6.45) is 6.12. The maximum absolute atomic E-state index is 13.7. The number of halogens is 2. The first-order chi connectivity index (χ1) is 12.9. The molecule has 0 saturated heterocycles. The largest absolute Gasteiger partial charge is 0.389 e. The highest BCUT2D eigenvalue weighted by atomic mass is 35.5. The number of hydrogen-bond donors (Lipinski definition) is 1. The summed E-state index contributed by atoms with van der Waals surface area (Å²) in [5, 5.41) is 19.6. The number of aryl methyl sites for hydroxylation is 1. The van der Waals surface area contributed by atoms with Gasteiger partial charge in [0.25, 0.3) is 0 Å². The summed E-state index contributed by atoms with van der Waals surface area (Å²) in [5.41, 5.74) is 3.91. The Morgan fingerprint density at radius 2 is 2.04 bits per heavy atom. The van der Waals surface area contributed by atoms with E-state index in [1.807, 2.05) is 24.1 Å². The van der Waals surface area contributed by atoms with E-state index >= 15 is 0 Å². The second kappa shape index (κ2) is 7.09. The topological polar surface area (TPSA) is 55.9 Å².